The van der Waals surface area contributed by atoms with Crippen LogP contribution in [0.1, 0.15) is 45.7 Å². The molecule has 0 amide bonds. The van der Waals surface area contributed by atoms with Gasteiger partial charge in [0.2, 0.25) is 0 Å². The number of nitrogens with zero attached hydrogens (tertiary/aromatic N) is 1. The van der Waals surface area contributed by atoms with Crippen LogP contribution in [0.3, 0.4) is 0 Å². The lowest BCUT2D eigenvalue weighted by atomic mass is 9.79. The number of aromatic nitrogens is 2. The molecule has 1 atom stereocenters. The lowest BCUT2D eigenvalue weighted by molar-refractivity contribution is 0.277. The number of hydrogen-bond donors (Lipinski definition) is 1. The van der Waals surface area contributed by atoms with Gasteiger partial charge in [0.05, 0.1) is 6.33 Å². The number of aromatic amines is 1. The molecule has 0 aliphatic rings. The summed E-state index contributed by atoms with van der Waals surface area (Å²) in [4.78, 5) is 7.22. The molecule has 0 saturated carbocycles. The molecule has 0 aromatic carbocycles. The van der Waals surface area contributed by atoms with E-state index in [-0.39, 0.29) is 0 Å². The standard InChI is InChI=1S/C11H20N2/c1-4-6-11(3,5-2)7-10-8-12-9-13-10/h8-9H,4-7H2,1-3H3,(H,12,13). The van der Waals surface area contributed by atoms with Gasteiger partial charge in [0.25, 0.3) is 0 Å². The highest BCUT2D eigenvalue weighted by Gasteiger charge is 2.21. The van der Waals surface area contributed by atoms with E-state index in [2.05, 4.69) is 30.7 Å². The van der Waals surface area contributed by atoms with E-state index >= 15 is 0 Å². The molecule has 1 aromatic heterocycles. The first-order chi connectivity index (χ1) is 6.20. The van der Waals surface area contributed by atoms with Crippen LogP contribution in [0, 0.1) is 5.41 Å². The van der Waals surface area contributed by atoms with Gasteiger partial charge in [-0.2, -0.15) is 0 Å². The van der Waals surface area contributed by atoms with E-state index in [0.717, 1.165) is 6.42 Å². The maximum Gasteiger partial charge on any atom is 0.0921 e. The lowest BCUT2D eigenvalue weighted by Gasteiger charge is -2.27. The van der Waals surface area contributed by atoms with Crippen molar-refractivity contribution in [2.45, 2.75) is 46.5 Å². The predicted molar refractivity (Wildman–Crippen MR) is 55.6 cm³/mol. The fourth-order valence-electron chi connectivity index (χ4n) is 1.83. The molecule has 2 nitrogen and oxygen atoms in total. The zero-order valence-electron chi connectivity index (χ0n) is 8.93. The maximum absolute atomic E-state index is 4.05. The Morgan fingerprint density at radius 2 is 2.23 bits per heavy atom. The average molecular weight is 180 g/mol. The highest BCUT2D eigenvalue weighted by Crippen LogP contribution is 2.30. The molecule has 2 heteroatoms. The van der Waals surface area contributed by atoms with E-state index in [4.69, 9.17) is 0 Å². The van der Waals surface area contributed by atoms with Crippen molar-refractivity contribution in [3.8, 4) is 0 Å². The van der Waals surface area contributed by atoms with Gasteiger partial charge in [-0.1, -0.05) is 33.6 Å². The van der Waals surface area contributed by atoms with Gasteiger partial charge in [0.1, 0.15) is 0 Å². The Balaban J connectivity index is 2.58. The van der Waals surface area contributed by atoms with Crippen LogP contribution in [0.25, 0.3) is 0 Å². The van der Waals surface area contributed by atoms with Crippen molar-refractivity contribution in [1.82, 2.24) is 9.97 Å². The molecule has 0 aliphatic heterocycles. The van der Waals surface area contributed by atoms with Crippen LogP contribution in [0.15, 0.2) is 12.5 Å². The van der Waals surface area contributed by atoms with E-state index in [1.54, 1.807) is 6.33 Å². The van der Waals surface area contributed by atoms with Crippen molar-refractivity contribution in [2.75, 3.05) is 0 Å². The molecule has 1 rings (SSSR count). The van der Waals surface area contributed by atoms with Gasteiger partial charge in [-0.15, -0.1) is 0 Å². The minimum atomic E-state index is 0.446. The summed E-state index contributed by atoms with van der Waals surface area (Å²) in [6, 6.07) is 0. The van der Waals surface area contributed by atoms with Crippen molar-refractivity contribution >= 4 is 0 Å². The van der Waals surface area contributed by atoms with Gasteiger partial charge < -0.3 is 4.98 Å². The minimum absolute atomic E-state index is 0.446. The van der Waals surface area contributed by atoms with E-state index in [1.807, 2.05) is 6.20 Å². The summed E-state index contributed by atoms with van der Waals surface area (Å²) in [6.45, 7) is 6.88. The zero-order chi connectivity index (χ0) is 9.73. The summed E-state index contributed by atoms with van der Waals surface area (Å²) in [7, 11) is 0. The first kappa shape index (κ1) is 10.3. The molecule has 74 valence electrons. The van der Waals surface area contributed by atoms with Crippen molar-refractivity contribution in [2.24, 2.45) is 5.41 Å². The molecule has 0 aliphatic carbocycles. The quantitative estimate of drug-likeness (QED) is 0.740. The number of rotatable bonds is 5. The van der Waals surface area contributed by atoms with Gasteiger partial charge >= 0.3 is 0 Å². The summed E-state index contributed by atoms with van der Waals surface area (Å²) in [5, 5.41) is 0. The van der Waals surface area contributed by atoms with E-state index in [9.17, 15) is 0 Å². The van der Waals surface area contributed by atoms with Crippen molar-refractivity contribution in [3.05, 3.63) is 18.2 Å². The van der Waals surface area contributed by atoms with Crippen molar-refractivity contribution < 1.29 is 0 Å². The third-order valence-electron chi connectivity index (χ3n) is 2.88. The van der Waals surface area contributed by atoms with Gasteiger partial charge in [0.15, 0.2) is 0 Å². The van der Waals surface area contributed by atoms with E-state index in [0.29, 0.717) is 5.41 Å². The highest BCUT2D eigenvalue weighted by molar-refractivity contribution is 4.98. The molecule has 0 spiro atoms. The predicted octanol–water partition coefficient (Wildman–Crippen LogP) is 3.17. The largest absolute Gasteiger partial charge is 0.348 e. The number of hydrogen-bond acceptors (Lipinski definition) is 1. The fraction of sp³-hybridized carbons (Fsp3) is 0.727. The molecule has 1 heterocycles. The lowest BCUT2D eigenvalue weighted by Crippen LogP contribution is -2.18. The topological polar surface area (TPSA) is 28.7 Å². The summed E-state index contributed by atoms with van der Waals surface area (Å²) in [6.07, 6.45) is 8.61. The Kier molecular flexibility index (Phi) is 3.52. The molecule has 0 saturated heterocycles. The van der Waals surface area contributed by atoms with Crippen molar-refractivity contribution in [3.63, 3.8) is 0 Å². The van der Waals surface area contributed by atoms with Crippen LogP contribution < -0.4 is 0 Å². The van der Waals surface area contributed by atoms with Crippen LogP contribution in [0.2, 0.25) is 0 Å². The van der Waals surface area contributed by atoms with Crippen LogP contribution in [0.4, 0.5) is 0 Å². The molecular formula is C11H20N2. The molecule has 0 radical (unpaired) electrons. The van der Waals surface area contributed by atoms with Gasteiger partial charge in [-0.25, -0.2) is 4.98 Å². The van der Waals surface area contributed by atoms with E-state index < -0.39 is 0 Å². The summed E-state index contributed by atoms with van der Waals surface area (Å²) in [5.41, 5.74) is 1.71. The van der Waals surface area contributed by atoms with Crippen LogP contribution in [-0.2, 0) is 6.42 Å². The molecule has 0 bridgehead atoms. The SMILES string of the molecule is CCCC(C)(CC)Cc1cnc[nH]1. The number of nitrogens with one attached hydrogen (secondary N) is 1. The maximum atomic E-state index is 4.05. The second kappa shape index (κ2) is 4.45. The molecule has 1 unspecified atom stereocenters. The first-order valence-corrected chi connectivity index (χ1v) is 5.17. The van der Waals surface area contributed by atoms with E-state index in [1.165, 1.54) is 25.0 Å². The second-order valence-corrected chi connectivity index (χ2v) is 4.17. The smallest absolute Gasteiger partial charge is 0.0921 e. The Labute approximate surface area is 80.8 Å². The second-order valence-electron chi connectivity index (χ2n) is 4.17. The summed E-state index contributed by atoms with van der Waals surface area (Å²) < 4.78 is 0. The van der Waals surface area contributed by atoms with Gasteiger partial charge in [0, 0.05) is 11.9 Å². The Bertz CT molecular complexity index is 228. The zero-order valence-corrected chi connectivity index (χ0v) is 8.93. The fourth-order valence-corrected chi connectivity index (χ4v) is 1.83. The monoisotopic (exact) mass is 180 g/mol. The molecule has 0 fully saturated rings. The summed E-state index contributed by atoms with van der Waals surface area (Å²) in [5.74, 6) is 0. The van der Waals surface area contributed by atoms with Gasteiger partial charge in [-0.3, -0.25) is 0 Å². The minimum Gasteiger partial charge on any atom is -0.348 e. The molecule has 1 aromatic rings. The van der Waals surface area contributed by atoms with Gasteiger partial charge in [-0.05, 0) is 18.3 Å². The Hall–Kier alpha value is -0.790. The third kappa shape index (κ3) is 2.87. The van der Waals surface area contributed by atoms with Crippen LogP contribution >= 0.6 is 0 Å². The first-order valence-electron chi connectivity index (χ1n) is 5.17. The summed E-state index contributed by atoms with van der Waals surface area (Å²) >= 11 is 0. The molecular weight excluding hydrogens is 160 g/mol. The average Bonchev–Trinajstić information content (AvgIpc) is 2.57. The highest BCUT2D eigenvalue weighted by atomic mass is 14.9. The Morgan fingerprint density at radius 3 is 2.69 bits per heavy atom. The molecule has 13 heavy (non-hydrogen) atoms. The third-order valence-corrected chi connectivity index (χ3v) is 2.88. The normalized spacial score (nSPS) is 15.6. The number of imidazole rings is 1. The Morgan fingerprint density at radius 1 is 1.46 bits per heavy atom. The van der Waals surface area contributed by atoms with Crippen LogP contribution in [-0.4, -0.2) is 9.97 Å². The molecule has 1 N–H and O–H groups in total. The van der Waals surface area contributed by atoms with Crippen LogP contribution in [0.5, 0.6) is 0 Å². The number of H-pyrrole nitrogens is 1. The van der Waals surface area contributed by atoms with Crippen molar-refractivity contribution in [1.29, 1.82) is 0 Å².